The Labute approximate surface area is 140 Å². The minimum Gasteiger partial charge on any atom is -0.359 e. The molecule has 0 unspecified atom stereocenters. The van der Waals surface area contributed by atoms with Gasteiger partial charge in [0, 0.05) is 45.5 Å². The van der Waals surface area contributed by atoms with Crippen LogP contribution < -0.4 is 10.2 Å². The number of amides is 1. The van der Waals surface area contributed by atoms with Gasteiger partial charge in [0.05, 0.1) is 17.7 Å². The molecule has 2 aromatic rings. The Morgan fingerprint density at radius 3 is 2.88 bits per heavy atom. The molecule has 7 nitrogen and oxygen atoms in total. The highest BCUT2D eigenvalue weighted by molar-refractivity contribution is 5.81. The molecule has 0 bridgehead atoms. The van der Waals surface area contributed by atoms with Crippen LogP contribution in [0, 0.1) is 24.2 Å². The first kappa shape index (κ1) is 16.0. The van der Waals surface area contributed by atoms with Gasteiger partial charge in [0.15, 0.2) is 0 Å². The second kappa shape index (κ2) is 6.32. The molecule has 1 aliphatic rings. The minimum absolute atomic E-state index is 0.00230. The summed E-state index contributed by atoms with van der Waals surface area (Å²) in [6.07, 6.45) is 5.45. The lowest BCUT2D eigenvalue weighted by Gasteiger charge is -2.19. The molecule has 1 aliphatic heterocycles. The highest BCUT2D eigenvalue weighted by Gasteiger charge is 2.40. The fourth-order valence-electron chi connectivity index (χ4n) is 3.32. The predicted molar refractivity (Wildman–Crippen MR) is 89.4 cm³/mol. The van der Waals surface area contributed by atoms with E-state index in [1.54, 1.807) is 24.1 Å². The van der Waals surface area contributed by atoms with E-state index in [-0.39, 0.29) is 17.7 Å². The number of hydrogen-bond acceptors (Lipinski definition) is 5. The van der Waals surface area contributed by atoms with Crippen LogP contribution in [-0.4, -0.2) is 40.8 Å². The van der Waals surface area contributed by atoms with Crippen molar-refractivity contribution < 1.29 is 4.79 Å². The standard InChI is InChI=1S/C17H20N6O/c1-11-4-5-20-16(13(11)6-18)23-9-14(12-7-21-22(3)8-12)15(10-23)17(24)19-2/h4-5,7-8,14-15H,9-10H2,1-3H3,(H,19,24)/t14-,15+/m1/s1. The number of nitriles is 1. The SMILES string of the molecule is CNC(=O)[C@H]1CN(c2nccc(C)c2C#N)C[C@@H]1c1cnn(C)c1. The number of nitrogens with zero attached hydrogens (tertiary/aromatic N) is 5. The highest BCUT2D eigenvalue weighted by Crippen LogP contribution is 2.36. The van der Waals surface area contributed by atoms with Crippen molar-refractivity contribution in [2.24, 2.45) is 13.0 Å². The number of carbonyl (C=O) groups excluding carboxylic acids is 1. The molecule has 0 radical (unpaired) electrons. The van der Waals surface area contributed by atoms with Crippen molar-refractivity contribution >= 4 is 11.7 Å². The summed E-state index contributed by atoms with van der Waals surface area (Å²) in [7, 11) is 3.51. The minimum atomic E-state index is -0.201. The lowest BCUT2D eigenvalue weighted by Crippen LogP contribution is -2.32. The molecule has 0 aliphatic carbocycles. The molecule has 124 valence electrons. The van der Waals surface area contributed by atoms with Gasteiger partial charge >= 0.3 is 0 Å². The van der Waals surface area contributed by atoms with Crippen molar-refractivity contribution in [1.29, 1.82) is 5.26 Å². The molecule has 1 fully saturated rings. The molecule has 3 rings (SSSR count). The zero-order valence-electron chi connectivity index (χ0n) is 14.0. The molecule has 1 N–H and O–H groups in total. The van der Waals surface area contributed by atoms with E-state index in [0.717, 1.165) is 11.1 Å². The van der Waals surface area contributed by atoms with Crippen LogP contribution in [0.4, 0.5) is 5.82 Å². The van der Waals surface area contributed by atoms with E-state index in [4.69, 9.17) is 0 Å². The van der Waals surface area contributed by atoms with Gasteiger partial charge in [-0.3, -0.25) is 9.48 Å². The van der Waals surface area contributed by atoms with Crippen LogP contribution >= 0.6 is 0 Å². The Morgan fingerprint density at radius 2 is 2.25 bits per heavy atom. The van der Waals surface area contributed by atoms with Crippen molar-refractivity contribution in [3.8, 4) is 6.07 Å². The molecular formula is C17H20N6O. The number of aryl methyl sites for hydroxylation is 2. The molecular weight excluding hydrogens is 304 g/mol. The summed E-state index contributed by atoms with van der Waals surface area (Å²) in [6.45, 7) is 3.06. The predicted octanol–water partition coefficient (Wildman–Crippen LogP) is 0.961. The maximum Gasteiger partial charge on any atom is 0.225 e. The molecule has 1 amide bonds. The number of carbonyl (C=O) groups is 1. The molecule has 24 heavy (non-hydrogen) atoms. The van der Waals surface area contributed by atoms with Crippen LogP contribution in [0.5, 0.6) is 0 Å². The number of rotatable bonds is 3. The number of anilines is 1. The number of aromatic nitrogens is 3. The van der Waals surface area contributed by atoms with E-state index in [1.807, 2.05) is 31.1 Å². The van der Waals surface area contributed by atoms with Crippen molar-refractivity contribution in [1.82, 2.24) is 20.1 Å². The van der Waals surface area contributed by atoms with Gasteiger partial charge in [-0.25, -0.2) is 4.98 Å². The first-order valence-corrected chi connectivity index (χ1v) is 7.86. The number of pyridine rings is 1. The Bertz CT molecular complexity index is 806. The first-order chi connectivity index (χ1) is 11.5. The lowest BCUT2D eigenvalue weighted by atomic mass is 9.90. The smallest absolute Gasteiger partial charge is 0.225 e. The van der Waals surface area contributed by atoms with Crippen LogP contribution in [0.15, 0.2) is 24.7 Å². The fraction of sp³-hybridized carbons (Fsp3) is 0.412. The van der Waals surface area contributed by atoms with Gasteiger partial charge in [0.1, 0.15) is 11.9 Å². The molecule has 0 saturated carbocycles. The third-order valence-corrected chi connectivity index (χ3v) is 4.61. The normalized spacial score (nSPS) is 20.0. The average molecular weight is 324 g/mol. The maximum atomic E-state index is 12.4. The fourth-order valence-corrected chi connectivity index (χ4v) is 3.32. The number of nitrogens with one attached hydrogen (secondary N) is 1. The highest BCUT2D eigenvalue weighted by atomic mass is 16.1. The summed E-state index contributed by atoms with van der Waals surface area (Å²) in [5.41, 5.74) is 2.49. The molecule has 2 atom stereocenters. The second-order valence-corrected chi connectivity index (χ2v) is 6.12. The van der Waals surface area contributed by atoms with Gasteiger partial charge in [-0.2, -0.15) is 10.4 Å². The maximum absolute atomic E-state index is 12.4. The van der Waals surface area contributed by atoms with Crippen molar-refractivity contribution in [3.05, 3.63) is 41.3 Å². The van der Waals surface area contributed by atoms with Gasteiger partial charge in [-0.1, -0.05) is 0 Å². The Morgan fingerprint density at radius 1 is 1.46 bits per heavy atom. The zero-order valence-corrected chi connectivity index (χ0v) is 14.0. The van der Waals surface area contributed by atoms with Gasteiger partial charge in [0.2, 0.25) is 5.91 Å². The van der Waals surface area contributed by atoms with E-state index in [0.29, 0.717) is 24.5 Å². The van der Waals surface area contributed by atoms with Gasteiger partial charge in [0.25, 0.3) is 0 Å². The largest absolute Gasteiger partial charge is 0.359 e. The van der Waals surface area contributed by atoms with E-state index in [2.05, 4.69) is 21.5 Å². The molecule has 7 heteroatoms. The molecule has 0 aromatic carbocycles. The Kier molecular flexibility index (Phi) is 4.21. The molecule has 2 aromatic heterocycles. The zero-order chi connectivity index (χ0) is 17.3. The summed E-state index contributed by atoms with van der Waals surface area (Å²) in [4.78, 5) is 18.8. The monoisotopic (exact) mass is 324 g/mol. The van der Waals surface area contributed by atoms with E-state index in [1.165, 1.54) is 0 Å². The summed E-state index contributed by atoms with van der Waals surface area (Å²) in [5, 5.41) is 16.4. The van der Waals surface area contributed by atoms with E-state index < -0.39 is 0 Å². The Hall–Kier alpha value is -2.88. The molecule has 0 spiro atoms. The van der Waals surface area contributed by atoms with Crippen molar-refractivity contribution in [2.45, 2.75) is 12.8 Å². The third kappa shape index (κ3) is 2.71. The lowest BCUT2D eigenvalue weighted by molar-refractivity contribution is -0.124. The summed E-state index contributed by atoms with van der Waals surface area (Å²) in [6, 6.07) is 4.06. The molecule has 1 saturated heterocycles. The van der Waals surface area contributed by atoms with Gasteiger partial charge in [-0.05, 0) is 24.1 Å². The summed E-state index contributed by atoms with van der Waals surface area (Å²) in [5.74, 6) is 0.468. The van der Waals surface area contributed by atoms with E-state index >= 15 is 0 Å². The topological polar surface area (TPSA) is 86.8 Å². The van der Waals surface area contributed by atoms with Crippen molar-refractivity contribution in [3.63, 3.8) is 0 Å². The average Bonchev–Trinajstić information content (AvgIpc) is 3.20. The van der Waals surface area contributed by atoms with Crippen LogP contribution in [0.25, 0.3) is 0 Å². The van der Waals surface area contributed by atoms with Gasteiger partial charge in [-0.15, -0.1) is 0 Å². The third-order valence-electron chi connectivity index (χ3n) is 4.61. The number of hydrogen-bond donors (Lipinski definition) is 1. The summed E-state index contributed by atoms with van der Waals surface area (Å²) < 4.78 is 1.74. The van der Waals surface area contributed by atoms with Crippen LogP contribution in [0.3, 0.4) is 0 Å². The Balaban J connectivity index is 1.97. The second-order valence-electron chi connectivity index (χ2n) is 6.12. The van der Waals surface area contributed by atoms with Crippen LogP contribution in [0.2, 0.25) is 0 Å². The summed E-state index contributed by atoms with van der Waals surface area (Å²) >= 11 is 0. The van der Waals surface area contributed by atoms with Crippen LogP contribution in [-0.2, 0) is 11.8 Å². The first-order valence-electron chi connectivity index (χ1n) is 7.86. The van der Waals surface area contributed by atoms with Gasteiger partial charge < -0.3 is 10.2 Å². The van der Waals surface area contributed by atoms with Crippen molar-refractivity contribution in [2.75, 3.05) is 25.0 Å². The molecule has 3 heterocycles. The quantitative estimate of drug-likeness (QED) is 0.909. The van der Waals surface area contributed by atoms with E-state index in [9.17, 15) is 10.1 Å². The van der Waals surface area contributed by atoms with Crippen LogP contribution in [0.1, 0.15) is 22.6 Å².